The zero-order chi connectivity index (χ0) is 38.0. The third-order valence-electron chi connectivity index (χ3n) is 8.20. The van der Waals surface area contributed by atoms with Crippen molar-refractivity contribution in [3.8, 4) is 0 Å². The summed E-state index contributed by atoms with van der Waals surface area (Å²) in [6, 6.07) is 3.80. The van der Waals surface area contributed by atoms with Crippen LogP contribution in [0.1, 0.15) is 52.9 Å². The smallest absolute Gasteiger partial charge is 0.303 e. The van der Waals surface area contributed by atoms with Gasteiger partial charge in [-0.2, -0.15) is 10.2 Å². The Morgan fingerprint density at radius 1 is 0.863 bits per heavy atom. The highest BCUT2D eigenvalue weighted by atomic mass is 35.5. The molecule has 0 aliphatic carbocycles. The molecular weight excluding hydrogens is 718 g/mol. The summed E-state index contributed by atoms with van der Waals surface area (Å²) in [5.74, 6) is -4.16. The van der Waals surface area contributed by atoms with Crippen LogP contribution < -0.4 is 17.0 Å². The molecule has 0 spiro atoms. The lowest BCUT2D eigenvalue weighted by Crippen LogP contribution is -2.68. The molecule has 0 saturated heterocycles. The van der Waals surface area contributed by atoms with Crippen LogP contribution in [0, 0.1) is 28.3 Å². The van der Waals surface area contributed by atoms with E-state index in [2.05, 4.69) is 20.2 Å². The molecule has 0 saturated carbocycles. The first-order valence-electron chi connectivity index (χ1n) is 15.3. The SMILES string of the molecule is Cn1cnc(Cn2c(=O)n(Cc3cc(F)c(F)cc3F)c(=Nc3cc4cn(C)nc4cc3Cl)n(C(OP(=O)(O)O)(C(C)(C)C)C(C)(C)C)c2=O)n1. The summed E-state index contributed by atoms with van der Waals surface area (Å²) in [6.07, 6.45) is 2.96. The molecule has 0 unspecified atom stereocenters. The lowest BCUT2D eigenvalue weighted by molar-refractivity contribution is -0.198. The second-order valence-electron chi connectivity index (χ2n) is 14.1. The Kier molecular flexibility index (Phi) is 9.66. The predicted molar refractivity (Wildman–Crippen MR) is 179 cm³/mol. The van der Waals surface area contributed by atoms with Crippen molar-refractivity contribution in [1.82, 2.24) is 38.2 Å². The average molecular weight is 754 g/mol. The van der Waals surface area contributed by atoms with Gasteiger partial charge in [0.1, 0.15) is 12.1 Å². The van der Waals surface area contributed by atoms with Gasteiger partial charge in [0.25, 0.3) is 0 Å². The maximum Gasteiger partial charge on any atom is 0.471 e. The molecule has 2 aromatic carbocycles. The van der Waals surface area contributed by atoms with E-state index < -0.39 is 77.5 Å². The third-order valence-corrected chi connectivity index (χ3v) is 9.00. The average Bonchev–Trinajstić information content (AvgIpc) is 3.56. The summed E-state index contributed by atoms with van der Waals surface area (Å²) in [4.78, 5) is 59.0. The predicted octanol–water partition coefficient (Wildman–Crippen LogP) is 4.08. The molecule has 0 amide bonds. The fourth-order valence-corrected chi connectivity index (χ4v) is 7.56. The van der Waals surface area contributed by atoms with Crippen molar-refractivity contribution >= 4 is 36.0 Å². The van der Waals surface area contributed by atoms with E-state index in [0.29, 0.717) is 27.6 Å². The highest BCUT2D eigenvalue weighted by Gasteiger charge is 2.59. The van der Waals surface area contributed by atoms with Gasteiger partial charge in [0.15, 0.2) is 23.2 Å². The highest BCUT2D eigenvalue weighted by molar-refractivity contribution is 7.46. The fraction of sp³-hybridized carbons (Fsp3) is 0.419. The van der Waals surface area contributed by atoms with E-state index in [9.17, 15) is 32.7 Å². The van der Waals surface area contributed by atoms with Gasteiger partial charge in [-0.1, -0.05) is 53.1 Å². The van der Waals surface area contributed by atoms with Crippen LogP contribution in [0.4, 0.5) is 18.9 Å². The molecule has 51 heavy (non-hydrogen) atoms. The number of nitrogens with zero attached hydrogens (tertiary/aromatic N) is 9. The van der Waals surface area contributed by atoms with Gasteiger partial charge in [-0.3, -0.25) is 18.5 Å². The summed E-state index contributed by atoms with van der Waals surface area (Å²) in [6.45, 7) is 7.86. The molecule has 0 aliphatic heterocycles. The van der Waals surface area contributed by atoms with Crippen molar-refractivity contribution in [3.05, 3.63) is 97.2 Å². The molecule has 0 bridgehead atoms. The highest BCUT2D eigenvalue weighted by Crippen LogP contribution is 2.57. The molecule has 0 radical (unpaired) electrons. The molecule has 0 fully saturated rings. The lowest BCUT2D eigenvalue weighted by Gasteiger charge is -2.52. The minimum absolute atomic E-state index is 0.0133. The van der Waals surface area contributed by atoms with Crippen molar-refractivity contribution in [2.45, 2.75) is 60.4 Å². The summed E-state index contributed by atoms with van der Waals surface area (Å²) in [7, 11) is -2.30. The molecule has 15 nitrogen and oxygen atoms in total. The normalized spacial score (nSPS) is 13.5. The van der Waals surface area contributed by atoms with Crippen LogP contribution in [0.3, 0.4) is 0 Å². The molecule has 0 atom stereocenters. The Morgan fingerprint density at radius 2 is 1.49 bits per heavy atom. The molecule has 274 valence electrons. The number of hydrogen-bond acceptors (Lipinski definition) is 8. The summed E-state index contributed by atoms with van der Waals surface area (Å²) < 4.78 is 67.5. The fourth-order valence-electron chi connectivity index (χ4n) is 6.39. The monoisotopic (exact) mass is 753 g/mol. The molecule has 3 heterocycles. The number of benzene rings is 2. The first kappa shape index (κ1) is 37.9. The van der Waals surface area contributed by atoms with Crippen LogP contribution in [0.15, 0.2) is 51.4 Å². The zero-order valence-electron chi connectivity index (χ0n) is 28.9. The molecule has 5 aromatic rings. The van der Waals surface area contributed by atoms with Gasteiger partial charge in [0.05, 0.1) is 29.3 Å². The first-order valence-corrected chi connectivity index (χ1v) is 17.2. The van der Waals surface area contributed by atoms with Gasteiger partial charge in [-0.05, 0) is 18.2 Å². The quantitative estimate of drug-likeness (QED) is 0.175. The maximum atomic E-state index is 15.3. The minimum Gasteiger partial charge on any atom is -0.303 e. The minimum atomic E-state index is -5.51. The topological polar surface area (TPSA) is 177 Å². The molecule has 20 heteroatoms. The standard InChI is InChI=1S/C31H36ClF3N9O6P/c1-29(2,3)31(30(4,5)6,50-51(47,48)49)44-26(37-24-10-18-13-40(7)38-23(18)11-19(24)32)42(14-17-9-21(34)22(35)12-20(17)33)27(45)43(28(44)46)15-25-36-16-41(8)39-25/h9-13,16H,14-15H2,1-8H3,(H2,47,48,49). The van der Waals surface area contributed by atoms with Crippen LogP contribution >= 0.6 is 19.4 Å². The van der Waals surface area contributed by atoms with Crippen LogP contribution in [0.25, 0.3) is 10.9 Å². The van der Waals surface area contributed by atoms with E-state index >= 15 is 4.39 Å². The van der Waals surface area contributed by atoms with Crippen molar-refractivity contribution < 1.29 is 32.0 Å². The Hall–Kier alpha value is -4.35. The number of phosphoric acid groups is 1. The largest absolute Gasteiger partial charge is 0.471 e. The third kappa shape index (κ3) is 7.10. The second kappa shape index (κ2) is 13.0. The van der Waals surface area contributed by atoms with Crippen LogP contribution in [0.2, 0.25) is 5.02 Å². The number of aryl methyl sites for hydroxylation is 2. The van der Waals surface area contributed by atoms with Gasteiger partial charge in [-0.15, -0.1) is 0 Å². The van der Waals surface area contributed by atoms with Gasteiger partial charge >= 0.3 is 19.2 Å². The lowest BCUT2D eigenvalue weighted by atomic mass is 9.68. The second-order valence-corrected chi connectivity index (χ2v) is 15.6. The van der Waals surface area contributed by atoms with Gasteiger partial charge < -0.3 is 9.79 Å². The Morgan fingerprint density at radius 3 is 2.06 bits per heavy atom. The van der Waals surface area contributed by atoms with Crippen molar-refractivity contribution in [2.75, 3.05) is 0 Å². The van der Waals surface area contributed by atoms with Crippen LogP contribution in [-0.4, -0.2) is 48.0 Å². The first-order chi connectivity index (χ1) is 23.4. The van der Waals surface area contributed by atoms with Crippen LogP contribution in [-0.2, 0) is 42.0 Å². The number of hydrogen-bond donors (Lipinski definition) is 2. The number of fused-ring (bicyclic) bond motifs is 1. The molecule has 5 rings (SSSR count). The van der Waals surface area contributed by atoms with Crippen molar-refractivity contribution in [1.29, 1.82) is 0 Å². The van der Waals surface area contributed by atoms with E-state index in [4.69, 9.17) is 16.1 Å². The summed E-state index contributed by atoms with van der Waals surface area (Å²) in [5.41, 5.74) is -8.23. The van der Waals surface area contributed by atoms with Gasteiger partial charge in [0.2, 0.25) is 5.62 Å². The number of halogens is 4. The van der Waals surface area contributed by atoms with Gasteiger partial charge in [0, 0.05) is 48.1 Å². The Balaban J connectivity index is 2.08. The molecule has 0 aliphatic rings. The Bertz CT molecular complexity index is 2400. The van der Waals surface area contributed by atoms with Gasteiger partial charge in [-0.25, -0.2) is 46.4 Å². The number of phosphoric ester groups is 1. The summed E-state index contributed by atoms with van der Waals surface area (Å²) >= 11 is 6.66. The maximum absolute atomic E-state index is 15.3. The van der Waals surface area contributed by atoms with E-state index in [1.807, 2.05) is 0 Å². The zero-order valence-corrected chi connectivity index (χ0v) is 30.5. The molecule has 3 aromatic heterocycles. The van der Waals surface area contributed by atoms with Crippen molar-refractivity contribution in [2.24, 2.45) is 29.9 Å². The summed E-state index contributed by atoms with van der Waals surface area (Å²) in [5, 5.41) is 8.98. The van der Waals surface area contributed by atoms with E-state index in [0.717, 1.165) is 9.13 Å². The number of aromatic nitrogens is 8. The molecule has 2 N–H and O–H groups in total. The molecular formula is C31H36ClF3N9O6P. The Labute approximate surface area is 293 Å². The van der Waals surface area contributed by atoms with Crippen LogP contribution in [0.5, 0.6) is 0 Å². The van der Waals surface area contributed by atoms with E-state index in [-0.39, 0.29) is 16.5 Å². The van der Waals surface area contributed by atoms with Crippen molar-refractivity contribution in [3.63, 3.8) is 0 Å². The number of rotatable bonds is 8. The van der Waals surface area contributed by atoms with E-state index in [1.54, 1.807) is 61.8 Å². The van der Waals surface area contributed by atoms with E-state index in [1.165, 1.54) is 27.8 Å².